The van der Waals surface area contributed by atoms with Crippen LogP contribution in [-0.4, -0.2) is 5.91 Å². The average molecular weight is 192 g/mol. The molecule has 0 aliphatic carbocycles. The van der Waals surface area contributed by atoms with Gasteiger partial charge in [-0.25, -0.2) is 0 Å². The van der Waals surface area contributed by atoms with Crippen LogP contribution in [0.25, 0.3) is 0 Å². The van der Waals surface area contributed by atoms with E-state index in [-0.39, 0.29) is 18.4 Å². The number of nitrogens with two attached hydrogens (primary N) is 2. The van der Waals surface area contributed by atoms with Gasteiger partial charge < -0.3 is 11.5 Å². The second-order valence-corrected chi connectivity index (χ2v) is 3.33. The summed E-state index contributed by atoms with van der Waals surface area (Å²) in [5.41, 5.74) is 13.2. The molecular weight excluding hydrogens is 176 g/mol. The molecular formula is C11H16N2O. The molecule has 0 spiro atoms. The van der Waals surface area contributed by atoms with E-state index in [4.69, 9.17) is 11.5 Å². The molecule has 4 N–H and O–H groups in total. The predicted molar refractivity (Wildman–Crippen MR) is 56.6 cm³/mol. The van der Waals surface area contributed by atoms with Gasteiger partial charge in [-0.05, 0) is 17.5 Å². The van der Waals surface area contributed by atoms with E-state index in [1.165, 1.54) is 5.56 Å². The van der Waals surface area contributed by atoms with Gasteiger partial charge in [-0.1, -0.05) is 31.2 Å². The summed E-state index contributed by atoms with van der Waals surface area (Å²) < 4.78 is 0. The number of hydrogen-bond donors (Lipinski definition) is 2. The maximum absolute atomic E-state index is 10.7. The fourth-order valence-corrected chi connectivity index (χ4v) is 1.54. The van der Waals surface area contributed by atoms with Crippen molar-refractivity contribution in [2.75, 3.05) is 0 Å². The minimum absolute atomic E-state index is 0.205. The number of benzene rings is 1. The van der Waals surface area contributed by atoms with E-state index in [0.29, 0.717) is 0 Å². The first-order chi connectivity index (χ1) is 6.65. The van der Waals surface area contributed by atoms with Crippen LogP contribution >= 0.6 is 0 Å². The maximum Gasteiger partial charge on any atom is 0.219 e. The van der Waals surface area contributed by atoms with Crippen LogP contribution in [0.3, 0.4) is 0 Å². The summed E-state index contributed by atoms with van der Waals surface area (Å²) in [6.07, 6.45) is 1.12. The molecule has 3 heteroatoms. The number of amides is 1. The number of aryl methyl sites for hydroxylation is 1. The highest BCUT2D eigenvalue weighted by molar-refractivity contribution is 5.74. The largest absolute Gasteiger partial charge is 0.370 e. The predicted octanol–water partition coefficient (Wildman–Crippen LogP) is 1.12. The third-order valence-corrected chi connectivity index (χ3v) is 2.26. The number of carbonyl (C=O) groups excluding carboxylic acids is 1. The van der Waals surface area contributed by atoms with E-state index in [1.54, 1.807) is 0 Å². The Morgan fingerprint density at radius 3 is 2.64 bits per heavy atom. The third kappa shape index (κ3) is 2.57. The van der Waals surface area contributed by atoms with Gasteiger partial charge in [0.05, 0.1) is 0 Å². The molecule has 0 heterocycles. The highest BCUT2D eigenvalue weighted by Crippen LogP contribution is 2.18. The van der Waals surface area contributed by atoms with Gasteiger partial charge in [-0.2, -0.15) is 0 Å². The van der Waals surface area contributed by atoms with Crippen LogP contribution in [0.1, 0.15) is 30.5 Å². The highest BCUT2D eigenvalue weighted by atomic mass is 16.1. The second kappa shape index (κ2) is 4.77. The van der Waals surface area contributed by atoms with Crippen molar-refractivity contribution in [1.82, 2.24) is 0 Å². The molecule has 76 valence electrons. The lowest BCUT2D eigenvalue weighted by Crippen LogP contribution is -2.21. The molecule has 1 aromatic rings. The molecule has 0 unspecified atom stereocenters. The van der Waals surface area contributed by atoms with Crippen molar-refractivity contribution in [3.8, 4) is 0 Å². The first-order valence-electron chi connectivity index (χ1n) is 4.76. The standard InChI is InChI=1S/C11H16N2O/c1-2-8-5-3-4-6-9(8)10(12)7-11(13)14/h3-6,10H,2,7,12H2,1H3,(H2,13,14)/t10-/m1/s1. The minimum Gasteiger partial charge on any atom is -0.370 e. The lowest BCUT2D eigenvalue weighted by molar-refractivity contribution is -0.118. The Morgan fingerprint density at radius 2 is 2.07 bits per heavy atom. The van der Waals surface area contributed by atoms with Gasteiger partial charge in [0.1, 0.15) is 0 Å². The van der Waals surface area contributed by atoms with Crippen LogP contribution in [0, 0.1) is 0 Å². The van der Waals surface area contributed by atoms with Gasteiger partial charge in [0.15, 0.2) is 0 Å². The molecule has 1 rings (SSSR count). The van der Waals surface area contributed by atoms with Gasteiger partial charge in [0, 0.05) is 12.5 Å². The molecule has 1 atom stereocenters. The van der Waals surface area contributed by atoms with E-state index in [9.17, 15) is 4.79 Å². The minimum atomic E-state index is -0.358. The zero-order valence-electron chi connectivity index (χ0n) is 8.36. The van der Waals surface area contributed by atoms with E-state index in [2.05, 4.69) is 6.92 Å². The number of hydrogen-bond acceptors (Lipinski definition) is 2. The first kappa shape index (κ1) is 10.7. The van der Waals surface area contributed by atoms with Crippen molar-refractivity contribution < 1.29 is 4.79 Å². The van der Waals surface area contributed by atoms with Crippen molar-refractivity contribution in [3.05, 3.63) is 35.4 Å². The van der Waals surface area contributed by atoms with E-state index in [1.807, 2.05) is 24.3 Å². The zero-order chi connectivity index (χ0) is 10.6. The topological polar surface area (TPSA) is 69.1 Å². The molecule has 0 saturated heterocycles. The summed E-state index contributed by atoms with van der Waals surface area (Å²) in [5, 5.41) is 0. The van der Waals surface area contributed by atoms with Crippen LogP contribution in [-0.2, 0) is 11.2 Å². The summed E-state index contributed by atoms with van der Waals surface area (Å²) in [7, 11) is 0. The average Bonchev–Trinajstić information content (AvgIpc) is 2.16. The van der Waals surface area contributed by atoms with Crippen LogP contribution in [0.15, 0.2) is 24.3 Å². The third-order valence-electron chi connectivity index (χ3n) is 2.26. The van der Waals surface area contributed by atoms with Crippen LogP contribution < -0.4 is 11.5 Å². The van der Waals surface area contributed by atoms with Gasteiger partial charge in [-0.15, -0.1) is 0 Å². The molecule has 0 radical (unpaired) electrons. The maximum atomic E-state index is 10.7. The molecule has 0 aliphatic heterocycles. The molecule has 0 aliphatic rings. The summed E-state index contributed by atoms with van der Waals surface area (Å²) in [6.45, 7) is 2.07. The van der Waals surface area contributed by atoms with Gasteiger partial charge in [-0.3, -0.25) is 4.79 Å². The van der Waals surface area contributed by atoms with Crippen molar-refractivity contribution in [3.63, 3.8) is 0 Å². The molecule has 1 amide bonds. The van der Waals surface area contributed by atoms with Crippen LogP contribution in [0.2, 0.25) is 0 Å². The quantitative estimate of drug-likeness (QED) is 0.750. The zero-order valence-corrected chi connectivity index (χ0v) is 8.36. The van der Waals surface area contributed by atoms with Gasteiger partial charge in [0.25, 0.3) is 0 Å². The Morgan fingerprint density at radius 1 is 1.43 bits per heavy atom. The van der Waals surface area contributed by atoms with Crippen molar-refractivity contribution in [2.24, 2.45) is 11.5 Å². The number of primary amides is 1. The lowest BCUT2D eigenvalue weighted by atomic mass is 9.97. The monoisotopic (exact) mass is 192 g/mol. The SMILES string of the molecule is CCc1ccccc1[C@H](N)CC(N)=O. The van der Waals surface area contributed by atoms with Gasteiger partial charge in [0.2, 0.25) is 5.91 Å². The smallest absolute Gasteiger partial charge is 0.219 e. The van der Waals surface area contributed by atoms with E-state index in [0.717, 1.165) is 12.0 Å². The van der Waals surface area contributed by atoms with Crippen molar-refractivity contribution in [1.29, 1.82) is 0 Å². The Kier molecular flexibility index (Phi) is 3.65. The Bertz CT molecular complexity index is 323. The Balaban J connectivity index is 2.87. The summed E-state index contributed by atoms with van der Waals surface area (Å²) >= 11 is 0. The summed E-state index contributed by atoms with van der Waals surface area (Å²) in [6, 6.07) is 7.60. The fraction of sp³-hybridized carbons (Fsp3) is 0.364. The molecule has 0 bridgehead atoms. The first-order valence-corrected chi connectivity index (χ1v) is 4.76. The van der Waals surface area contributed by atoms with Crippen molar-refractivity contribution in [2.45, 2.75) is 25.8 Å². The van der Waals surface area contributed by atoms with Crippen LogP contribution in [0.4, 0.5) is 0 Å². The normalized spacial score (nSPS) is 12.4. The number of rotatable bonds is 4. The Hall–Kier alpha value is -1.35. The fourth-order valence-electron chi connectivity index (χ4n) is 1.54. The van der Waals surface area contributed by atoms with Crippen molar-refractivity contribution >= 4 is 5.91 Å². The Labute approximate surface area is 84.1 Å². The summed E-state index contributed by atoms with van der Waals surface area (Å²) in [5.74, 6) is -0.358. The molecule has 0 fully saturated rings. The van der Waals surface area contributed by atoms with Gasteiger partial charge >= 0.3 is 0 Å². The molecule has 1 aromatic carbocycles. The lowest BCUT2D eigenvalue weighted by Gasteiger charge is -2.13. The number of carbonyl (C=O) groups is 1. The highest BCUT2D eigenvalue weighted by Gasteiger charge is 2.11. The molecule has 14 heavy (non-hydrogen) atoms. The molecule has 0 saturated carbocycles. The van der Waals surface area contributed by atoms with Crippen LogP contribution in [0.5, 0.6) is 0 Å². The molecule has 0 aromatic heterocycles. The summed E-state index contributed by atoms with van der Waals surface area (Å²) in [4.78, 5) is 10.7. The van der Waals surface area contributed by atoms with E-state index >= 15 is 0 Å². The molecule has 3 nitrogen and oxygen atoms in total. The van der Waals surface area contributed by atoms with E-state index < -0.39 is 0 Å². The second-order valence-electron chi connectivity index (χ2n) is 3.33.